The molecule has 0 atom stereocenters. The number of benzene rings is 1. The molecule has 1 aromatic carbocycles. The first-order chi connectivity index (χ1) is 10.7. The van der Waals surface area contributed by atoms with Gasteiger partial charge in [0.15, 0.2) is 0 Å². The monoisotopic (exact) mass is 303 g/mol. The topological polar surface area (TPSA) is 21.7 Å². The summed E-state index contributed by atoms with van der Waals surface area (Å²) in [7, 11) is 1.75. The lowest BCUT2D eigenvalue weighted by Crippen LogP contribution is -2.48. The van der Waals surface area contributed by atoms with Gasteiger partial charge in [0.1, 0.15) is 11.4 Å². The van der Waals surface area contributed by atoms with E-state index in [1.807, 2.05) is 6.92 Å². The Hall–Kier alpha value is -1.32. The van der Waals surface area contributed by atoms with Gasteiger partial charge in [0.05, 0.1) is 7.11 Å². The number of likely N-dealkylation sites (tertiary alicyclic amines) is 1. The van der Waals surface area contributed by atoms with Gasteiger partial charge < -0.3 is 14.4 Å². The van der Waals surface area contributed by atoms with Gasteiger partial charge >= 0.3 is 0 Å². The van der Waals surface area contributed by atoms with Crippen LogP contribution in [0.2, 0.25) is 0 Å². The second-order valence-corrected chi connectivity index (χ2v) is 5.86. The molecule has 0 aliphatic carbocycles. The fourth-order valence-corrected chi connectivity index (χ4v) is 3.37. The third-order valence-corrected chi connectivity index (χ3v) is 4.58. The molecule has 22 heavy (non-hydrogen) atoms. The number of methoxy groups -OCH3 is 1. The van der Waals surface area contributed by atoms with Crippen LogP contribution in [0.15, 0.2) is 42.2 Å². The highest BCUT2D eigenvalue weighted by Crippen LogP contribution is 2.34. The predicted molar refractivity (Wildman–Crippen MR) is 90.9 cm³/mol. The first-order valence-corrected chi connectivity index (χ1v) is 8.35. The zero-order valence-electron chi connectivity index (χ0n) is 14.2. The zero-order chi connectivity index (χ0) is 15.8. The van der Waals surface area contributed by atoms with Crippen LogP contribution >= 0.6 is 0 Å². The normalized spacial score (nSPS) is 19.1. The minimum absolute atomic E-state index is 0.221. The van der Waals surface area contributed by atoms with E-state index in [0.29, 0.717) is 0 Å². The molecule has 1 heterocycles. The van der Waals surface area contributed by atoms with Crippen LogP contribution in [-0.2, 0) is 15.9 Å². The summed E-state index contributed by atoms with van der Waals surface area (Å²) in [6.45, 7) is 8.06. The van der Waals surface area contributed by atoms with Crippen LogP contribution in [0.5, 0.6) is 0 Å². The fraction of sp³-hybridized carbons (Fsp3) is 0.579. The molecule has 0 bridgehead atoms. The Balaban J connectivity index is 1.90. The highest BCUT2D eigenvalue weighted by Gasteiger charge is 2.39. The van der Waals surface area contributed by atoms with Gasteiger partial charge in [-0.25, -0.2) is 0 Å². The van der Waals surface area contributed by atoms with Crippen molar-refractivity contribution in [2.24, 2.45) is 0 Å². The lowest BCUT2D eigenvalue weighted by molar-refractivity contribution is -0.0807. The molecule has 1 fully saturated rings. The predicted octanol–water partition coefficient (Wildman–Crippen LogP) is 3.65. The summed E-state index contributed by atoms with van der Waals surface area (Å²) >= 11 is 0. The zero-order valence-corrected chi connectivity index (χ0v) is 14.2. The number of piperidine rings is 1. The number of allylic oxidation sites excluding steroid dienone is 1. The lowest BCUT2D eigenvalue weighted by atomic mass is 9.88. The maximum Gasteiger partial charge on any atom is 0.127 e. The van der Waals surface area contributed by atoms with Gasteiger partial charge in [-0.3, -0.25) is 0 Å². The third-order valence-electron chi connectivity index (χ3n) is 4.58. The Morgan fingerprint density at radius 1 is 1.23 bits per heavy atom. The van der Waals surface area contributed by atoms with Crippen LogP contribution in [0.1, 0.15) is 32.3 Å². The van der Waals surface area contributed by atoms with Gasteiger partial charge in [-0.1, -0.05) is 30.3 Å². The third kappa shape index (κ3) is 4.11. The molecular formula is C19H29NO2. The van der Waals surface area contributed by atoms with Crippen molar-refractivity contribution < 1.29 is 9.47 Å². The van der Waals surface area contributed by atoms with Gasteiger partial charge in [0.25, 0.3) is 0 Å². The Morgan fingerprint density at radius 3 is 2.45 bits per heavy atom. The van der Waals surface area contributed by atoms with E-state index in [9.17, 15) is 0 Å². The summed E-state index contributed by atoms with van der Waals surface area (Å²) in [4.78, 5) is 2.53. The molecule has 3 nitrogen and oxygen atoms in total. The van der Waals surface area contributed by atoms with Gasteiger partial charge in [-0.15, -0.1) is 0 Å². The van der Waals surface area contributed by atoms with Crippen LogP contribution in [0.25, 0.3) is 0 Å². The van der Waals surface area contributed by atoms with Crippen LogP contribution in [0.4, 0.5) is 0 Å². The molecule has 122 valence electrons. The molecule has 0 unspecified atom stereocenters. The molecule has 2 rings (SSSR count). The molecular weight excluding hydrogens is 274 g/mol. The molecule has 0 N–H and O–H groups in total. The lowest BCUT2D eigenvalue weighted by Gasteiger charge is -2.42. The molecule has 0 radical (unpaired) electrons. The van der Waals surface area contributed by atoms with E-state index in [2.05, 4.69) is 48.2 Å². The summed E-state index contributed by atoms with van der Waals surface area (Å²) < 4.78 is 11.7. The fourth-order valence-electron chi connectivity index (χ4n) is 3.37. The van der Waals surface area contributed by atoms with Crippen molar-refractivity contribution in [2.75, 3.05) is 33.4 Å². The Kier molecular flexibility index (Phi) is 6.47. The Bertz CT molecular complexity index is 462. The van der Waals surface area contributed by atoms with Crippen molar-refractivity contribution in [1.29, 1.82) is 0 Å². The Morgan fingerprint density at radius 2 is 1.91 bits per heavy atom. The van der Waals surface area contributed by atoms with Gasteiger partial charge in [-0.2, -0.15) is 0 Å². The van der Waals surface area contributed by atoms with Crippen LogP contribution in [0.3, 0.4) is 0 Å². The van der Waals surface area contributed by atoms with E-state index in [1.54, 1.807) is 7.11 Å². The quantitative estimate of drug-likeness (QED) is 0.718. The molecule has 0 saturated carbocycles. The average Bonchev–Trinajstić information content (AvgIpc) is 2.57. The van der Waals surface area contributed by atoms with Gasteiger partial charge in [0, 0.05) is 26.2 Å². The van der Waals surface area contributed by atoms with Crippen molar-refractivity contribution in [2.45, 2.75) is 38.7 Å². The summed E-state index contributed by atoms with van der Waals surface area (Å²) in [6.07, 6.45) is 5.17. The summed E-state index contributed by atoms with van der Waals surface area (Å²) in [5.41, 5.74) is 1.19. The number of nitrogens with zero attached hydrogens (tertiary/aromatic N) is 1. The van der Waals surface area contributed by atoms with Crippen LogP contribution < -0.4 is 0 Å². The van der Waals surface area contributed by atoms with E-state index in [1.165, 1.54) is 5.56 Å². The van der Waals surface area contributed by atoms with Crippen molar-refractivity contribution in [3.8, 4) is 0 Å². The maximum absolute atomic E-state index is 6.11. The van der Waals surface area contributed by atoms with Crippen LogP contribution in [-0.4, -0.2) is 43.9 Å². The highest BCUT2D eigenvalue weighted by atomic mass is 16.5. The second kappa shape index (κ2) is 8.35. The largest absolute Gasteiger partial charge is 0.498 e. The van der Waals surface area contributed by atoms with Gasteiger partial charge in [-0.05, 0) is 44.7 Å². The molecule has 0 spiro atoms. The first-order valence-electron chi connectivity index (χ1n) is 8.35. The van der Waals surface area contributed by atoms with E-state index in [4.69, 9.17) is 9.47 Å². The van der Waals surface area contributed by atoms with E-state index in [-0.39, 0.29) is 5.60 Å². The molecule has 0 aromatic heterocycles. The summed E-state index contributed by atoms with van der Waals surface area (Å²) in [6, 6.07) is 10.7. The SMILES string of the molecule is C/C=C(/OC)C1(OCC)CCN(CCc2ccccc2)CC1. The van der Waals surface area contributed by atoms with E-state index in [0.717, 1.165) is 51.3 Å². The molecule has 1 saturated heterocycles. The number of hydrogen-bond donors (Lipinski definition) is 0. The summed E-state index contributed by atoms with van der Waals surface area (Å²) in [5, 5.41) is 0. The van der Waals surface area contributed by atoms with Crippen molar-refractivity contribution in [3.63, 3.8) is 0 Å². The first kappa shape index (κ1) is 17.0. The average molecular weight is 303 g/mol. The molecule has 1 aromatic rings. The van der Waals surface area contributed by atoms with Crippen molar-refractivity contribution >= 4 is 0 Å². The standard InChI is InChI=1S/C19H29NO2/c1-4-18(21-3)19(22-5-2)12-15-20(16-13-19)14-11-17-9-7-6-8-10-17/h4,6-10H,5,11-16H2,1-3H3/b18-4+. The van der Waals surface area contributed by atoms with Gasteiger partial charge in [0.2, 0.25) is 0 Å². The summed E-state index contributed by atoms with van der Waals surface area (Å²) in [5.74, 6) is 0.983. The van der Waals surface area contributed by atoms with Crippen molar-refractivity contribution in [3.05, 3.63) is 47.7 Å². The smallest absolute Gasteiger partial charge is 0.127 e. The molecule has 3 heteroatoms. The van der Waals surface area contributed by atoms with E-state index < -0.39 is 0 Å². The number of hydrogen-bond acceptors (Lipinski definition) is 3. The number of rotatable bonds is 7. The highest BCUT2D eigenvalue weighted by molar-refractivity contribution is 5.15. The van der Waals surface area contributed by atoms with E-state index >= 15 is 0 Å². The van der Waals surface area contributed by atoms with Crippen LogP contribution in [0, 0.1) is 0 Å². The minimum atomic E-state index is -0.221. The number of ether oxygens (including phenoxy) is 2. The molecule has 0 amide bonds. The Labute approximate surface area is 134 Å². The molecule has 1 aliphatic rings. The minimum Gasteiger partial charge on any atom is -0.498 e. The second-order valence-electron chi connectivity index (χ2n) is 5.86. The molecule has 1 aliphatic heterocycles. The maximum atomic E-state index is 6.11. The van der Waals surface area contributed by atoms with Crippen molar-refractivity contribution in [1.82, 2.24) is 4.90 Å².